The Morgan fingerprint density at radius 1 is 1.17 bits per heavy atom. The van der Waals surface area contributed by atoms with E-state index >= 15 is 0 Å². The second kappa shape index (κ2) is 2.42. The molecule has 1 nitrogen and oxygen atoms in total. The van der Waals surface area contributed by atoms with Crippen LogP contribution >= 0.6 is 0 Å². The Morgan fingerprint density at radius 2 is 1.17 bits per heavy atom. The van der Waals surface area contributed by atoms with Gasteiger partial charge in [0.25, 0.3) is 0 Å². The Bertz CT molecular complexity index is 26.3. The van der Waals surface area contributed by atoms with Crippen molar-refractivity contribution in [3.05, 3.63) is 0 Å². The molecule has 0 rings (SSSR count). The van der Waals surface area contributed by atoms with Gasteiger partial charge in [0.2, 0.25) is 0 Å². The molecule has 0 spiro atoms. The van der Waals surface area contributed by atoms with Crippen LogP contribution in [-0.4, -0.2) is 21.5 Å². The molecule has 0 aliphatic heterocycles. The van der Waals surface area contributed by atoms with Gasteiger partial charge in [-0.2, -0.15) is 0 Å². The van der Waals surface area contributed by atoms with Gasteiger partial charge in [0.05, 0.1) is 0 Å². The van der Waals surface area contributed by atoms with Crippen LogP contribution < -0.4 is 0 Å². The van der Waals surface area contributed by atoms with Crippen molar-refractivity contribution in [2.75, 3.05) is 0 Å². The Kier molecular flexibility index (Phi) is 3.85. The summed E-state index contributed by atoms with van der Waals surface area (Å²) in [4.78, 5) is 8.66. The molecule has 0 atom stereocenters. The van der Waals surface area contributed by atoms with Crippen LogP contribution in [0.2, 0.25) is 19.6 Å². The zero-order chi connectivity index (χ0) is 4.50. The predicted molar refractivity (Wildman–Crippen MR) is 31.3 cm³/mol. The molecule has 0 aromatic rings. The van der Waals surface area contributed by atoms with E-state index < -0.39 is 8.32 Å². The lowest BCUT2D eigenvalue weighted by atomic mass is 10.8. The lowest BCUT2D eigenvalue weighted by Gasteiger charge is -2.00. The van der Waals surface area contributed by atoms with E-state index in [9.17, 15) is 0 Å². The molecule has 0 aromatic carbocycles. The molecule has 35 valence electrons. The Morgan fingerprint density at radius 3 is 1.17 bits per heavy atom. The fourth-order valence-corrected chi connectivity index (χ4v) is 0. The summed E-state index contributed by atoms with van der Waals surface area (Å²) in [6, 6.07) is 0. The number of rotatable bonds is 0. The zero-order valence-electron chi connectivity index (χ0n) is 4.52. The van der Waals surface area contributed by atoms with Crippen LogP contribution in [0.15, 0.2) is 0 Å². The highest BCUT2D eigenvalue weighted by atomic mass is 28.4. The molecule has 1 N–H and O–H groups in total. The van der Waals surface area contributed by atoms with Crippen LogP contribution in [-0.2, 0) is 0 Å². The Labute approximate surface area is 42.1 Å². The van der Waals surface area contributed by atoms with E-state index in [1.807, 2.05) is 19.6 Å². The third kappa shape index (κ3) is 762. The molecule has 3 radical (unpaired) electrons. The van der Waals surface area contributed by atoms with Gasteiger partial charge in [0.1, 0.15) is 0 Å². The average Bonchev–Trinajstić information content (AvgIpc) is 0.722. The molecular weight excluding hydrogens is 90.9 g/mol. The molecule has 0 saturated heterocycles. The van der Waals surface area contributed by atoms with Gasteiger partial charge in [-0.3, -0.25) is 0 Å². The van der Waals surface area contributed by atoms with E-state index in [1.54, 1.807) is 0 Å². The van der Waals surface area contributed by atoms with E-state index in [4.69, 9.17) is 4.80 Å². The van der Waals surface area contributed by atoms with E-state index in [1.165, 1.54) is 0 Å². The first kappa shape index (κ1) is 9.53. The molecule has 0 aromatic heterocycles. The van der Waals surface area contributed by atoms with Gasteiger partial charge in [-0.05, 0) is 19.6 Å². The van der Waals surface area contributed by atoms with Gasteiger partial charge in [-0.25, -0.2) is 0 Å². The summed E-state index contributed by atoms with van der Waals surface area (Å²) >= 11 is 0. The van der Waals surface area contributed by atoms with Gasteiger partial charge in [0.15, 0.2) is 8.32 Å². The van der Waals surface area contributed by atoms with Crippen molar-refractivity contribution < 1.29 is 4.80 Å². The molecule has 3 heteroatoms. The minimum atomic E-state index is -1.61. The number of hydrogen-bond donors (Lipinski definition) is 1. The summed E-state index contributed by atoms with van der Waals surface area (Å²) in [6.07, 6.45) is 0. The van der Waals surface area contributed by atoms with Gasteiger partial charge >= 0.3 is 0 Å². The highest BCUT2D eigenvalue weighted by Crippen LogP contribution is 1.88. The first-order chi connectivity index (χ1) is 2.00. The highest BCUT2D eigenvalue weighted by molar-refractivity contribution is 6.68. The lowest BCUT2D eigenvalue weighted by Crippen LogP contribution is -2.17. The topological polar surface area (TPSA) is 20.2 Å². The molecule has 0 unspecified atom stereocenters. The minimum absolute atomic E-state index is 0. The normalized spacial score (nSPS) is 10.0. The largest absolute Gasteiger partial charge is 0.433 e. The summed E-state index contributed by atoms with van der Waals surface area (Å²) in [6.45, 7) is 5.65. The number of hydrogen-bond acceptors (Lipinski definition) is 1. The fourth-order valence-electron chi connectivity index (χ4n) is 0. The van der Waals surface area contributed by atoms with Gasteiger partial charge in [0, 0.05) is 8.41 Å². The summed E-state index contributed by atoms with van der Waals surface area (Å²) in [5.41, 5.74) is 0. The van der Waals surface area contributed by atoms with Crippen molar-refractivity contribution in [2.24, 2.45) is 0 Å². The molecule has 0 aliphatic carbocycles. The van der Waals surface area contributed by atoms with E-state index in [0.717, 1.165) is 0 Å². The van der Waals surface area contributed by atoms with Crippen LogP contribution in [0.4, 0.5) is 0 Å². The monoisotopic (exact) mass is 101 g/mol. The quantitative estimate of drug-likeness (QED) is 0.439. The average molecular weight is 101 g/mol. The van der Waals surface area contributed by atoms with Crippen LogP contribution in [0.3, 0.4) is 0 Å². The molecule has 0 aliphatic rings. The van der Waals surface area contributed by atoms with Crippen LogP contribution in [0, 0.1) is 0 Å². The molecule has 0 bridgehead atoms. The summed E-state index contributed by atoms with van der Waals surface area (Å²) in [5.74, 6) is 0. The molecule has 0 heterocycles. The van der Waals surface area contributed by atoms with Gasteiger partial charge < -0.3 is 4.80 Å². The summed E-state index contributed by atoms with van der Waals surface area (Å²) in [5, 5.41) is 0. The standard InChI is InChI=1S/C3H10OSi.B/c1-5(2,3)4;/h4H,1-3H3;. The molecule has 6 heavy (non-hydrogen) atoms. The smallest absolute Gasteiger partial charge is 0.179 e. The maximum atomic E-state index is 8.66. The summed E-state index contributed by atoms with van der Waals surface area (Å²) < 4.78 is 0. The second-order valence-corrected chi connectivity index (χ2v) is 6.51. The SMILES string of the molecule is C[Si](C)(C)O.[B]. The third-order valence-electron chi connectivity index (χ3n) is 0. The van der Waals surface area contributed by atoms with Crippen LogP contribution in [0.25, 0.3) is 0 Å². The first-order valence-electron chi connectivity index (χ1n) is 1.72. The first-order valence-corrected chi connectivity index (χ1v) is 5.17. The fraction of sp³-hybridized carbons (Fsp3) is 1.00. The second-order valence-electron chi connectivity index (χ2n) is 2.17. The summed E-state index contributed by atoms with van der Waals surface area (Å²) in [7, 11) is -1.61. The van der Waals surface area contributed by atoms with Gasteiger partial charge in [-0.15, -0.1) is 0 Å². The van der Waals surface area contributed by atoms with Crippen molar-refractivity contribution in [1.82, 2.24) is 0 Å². The molecule has 0 saturated carbocycles. The van der Waals surface area contributed by atoms with Crippen molar-refractivity contribution in [2.45, 2.75) is 19.6 Å². The van der Waals surface area contributed by atoms with Crippen LogP contribution in [0.5, 0.6) is 0 Å². The van der Waals surface area contributed by atoms with Gasteiger partial charge in [-0.1, -0.05) is 0 Å². The lowest BCUT2D eigenvalue weighted by molar-refractivity contribution is 0.561. The predicted octanol–water partition coefficient (Wildman–Crippen LogP) is 0.433. The van der Waals surface area contributed by atoms with E-state index in [0.29, 0.717) is 0 Å². The van der Waals surface area contributed by atoms with E-state index in [-0.39, 0.29) is 8.41 Å². The third-order valence-corrected chi connectivity index (χ3v) is 0. The van der Waals surface area contributed by atoms with E-state index in [2.05, 4.69) is 0 Å². The Hall–Kier alpha value is 0.242. The van der Waals surface area contributed by atoms with Crippen molar-refractivity contribution in [3.63, 3.8) is 0 Å². The molecular formula is C3H10BOSi. The maximum Gasteiger partial charge on any atom is 0.179 e. The minimum Gasteiger partial charge on any atom is -0.433 e. The van der Waals surface area contributed by atoms with Crippen molar-refractivity contribution in [3.8, 4) is 0 Å². The highest BCUT2D eigenvalue weighted by Gasteiger charge is 2.03. The molecule has 0 fully saturated rings. The maximum absolute atomic E-state index is 8.66. The van der Waals surface area contributed by atoms with Crippen LogP contribution in [0.1, 0.15) is 0 Å². The van der Waals surface area contributed by atoms with Crippen molar-refractivity contribution >= 4 is 16.7 Å². The van der Waals surface area contributed by atoms with Crippen molar-refractivity contribution in [1.29, 1.82) is 0 Å². The Balaban J connectivity index is 0. The molecule has 0 amide bonds. The zero-order valence-corrected chi connectivity index (χ0v) is 5.52.